The summed E-state index contributed by atoms with van der Waals surface area (Å²) >= 11 is 0. The van der Waals surface area contributed by atoms with Crippen molar-refractivity contribution < 1.29 is 4.79 Å². The number of fused-ring (bicyclic) bond motifs is 1. The fourth-order valence-corrected chi connectivity index (χ4v) is 2.96. The topological polar surface area (TPSA) is 96.2 Å². The fourth-order valence-electron chi connectivity index (χ4n) is 2.96. The molecule has 0 saturated carbocycles. The number of carbonyl (C=O) groups is 1. The number of aromatic nitrogens is 4. The minimum Gasteiger partial charge on any atom is -0.354 e. The third kappa shape index (κ3) is 4.76. The highest BCUT2D eigenvalue weighted by molar-refractivity contribution is 5.74. The van der Waals surface area contributed by atoms with E-state index in [1.54, 1.807) is 4.52 Å². The van der Waals surface area contributed by atoms with Crippen molar-refractivity contribution in [2.45, 2.75) is 46.0 Å². The number of unbranched alkanes of at least 4 members (excludes halogenated alkanes) is 2. The van der Waals surface area contributed by atoms with Gasteiger partial charge in [-0.25, -0.2) is 0 Å². The number of nitrogens with zero attached hydrogens (tertiary/aromatic N) is 4. The third-order valence-corrected chi connectivity index (χ3v) is 4.37. The average molecular weight is 381 g/mol. The lowest BCUT2D eigenvalue weighted by molar-refractivity contribution is -0.105. The van der Waals surface area contributed by atoms with Crippen LogP contribution in [0.15, 0.2) is 30.5 Å². The fraction of sp³-hybridized carbons (Fsp3) is 0.400. The molecule has 1 amide bonds. The normalized spacial score (nSPS) is 10.8. The Labute approximate surface area is 164 Å². The maximum Gasteiger partial charge on any atom is 0.232 e. The molecule has 0 aliphatic carbocycles. The van der Waals surface area contributed by atoms with Gasteiger partial charge in [0.05, 0.1) is 6.20 Å². The highest BCUT2D eigenvalue weighted by Crippen LogP contribution is 2.21. The predicted molar refractivity (Wildman–Crippen MR) is 112 cm³/mol. The van der Waals surface area contributed by atoms with E-state index in [0.29, 0.717) is 24.0 Å². The molecule has 3 rings (SSSR count). The lowest BCUT2D eigenvalue weighted by Crippen LogP contribution is -2.11. The largest absolute Gasteiger partial charge is 0.354 e. The Morgan fingerprint density at radius 3 is 2.75 bits per heavy atom. The van der Waals surface area contributed by atoms with Gasteiger partial charge in [-0.1, -0.05) is 32.8 Å². The van der Waals surface area contributed by atoms with Crippen LogP contribution in [0.5, 0.6) is 0 Å². The summed E-state index contributed by atoms with van der Waals surface area (Å²) in [6.45, 7) is 5.10. The van der Waals surface area contributed by atoms with Crippen molar-refractivity contribution >= 4 is 35.3 Å². The number of carbonyl (C=O) groups excluding carboxylic acids is 1. The molecule has 1 aromatic carbocycles. The molecule has 0 fully saturated rings. The summed E-state index contributed by atoms with van der Waals surface area (Å²) in [5, 5.41) is 13.7. The molecule has 0 spiro atoms. The van der Waals surface area contributed by atoms with Gasteiger partial charge in [-0.15, -0.1) is 0 Å². The highest BCUT2D eigenvalue weighted by Gasteiger charge is 2.13. The van der Waals surface area contributed by atoms with E-state index >= 15 is 0 Å². The summed E-state index contributed by atoms with van der Waals surface area (Å²) in [4.78, 5) is 20.0. The molecule has 0 radical (unpaired) electrons. The number of aryl methyl sites for hydroxylation is 1. The zero-order chi connectivity index (χ0) is 19.8. The van der Waals surface area contributed by atoms with E-state index in [9.17, 15) is 4.79 Å². The van der Waals surface area contributed by atoms with Gasteiger partial charge in [-0.2, -0.15) is 19.6 Å². The van der Waals surface area contributed by atoms with E-state index in [1.807, 2.05) is 30.5 Å². The number of anilines is 4. The Bertz CT molecular complexity index is 922. The summed E-state index contributed by atoms with van der Waals surface area (Å²) in [6.07, 6.45) is 7.94. The first kappa shape index (κ1) is 19.6. The Kier molecular flexibility index (Phi) is 6.78. The molecule has 8 heteroatoms. The van der Waals surface area contributed by atoms with E-state index in [2.05, 4.69) is 39.9 Å². The molecule has 8 nitrogen and oxygen atoms in total. The van der Waals surface area contributed by atoms with Gasteiger partial charge in [0.2, 0.25) is 18.3 Å². The van der Waals surface area contributed by atoms with Crippen LogP contribution in [0, 0.1) is 0 Å². The minimum absolute atomic E-state index is 0.492. The highest BCUT2D eigenvalue weighted by atomic mass is 16.1. The molecule has 148 valence electrons. The molecule has 0 aliphatic rings. The van der Waals surface area contributed by atoms with Crippen LogP contribution in [0.1, 0.15) is 45.1 Å². The van der Waals surface area contributed by atoms with Crippen LogP contribution in [-0.2, 0) is 11.2 Å². The second kappa shape index (κ2) is 9.68. The predicted octanol–water partition coefficient (Wildman–Crippen LogP) is 3.99. The van der Waals surface area contributed by atoms with E-state index in [4.69, 9.17) is 4.98 Å². The molecule has 28 heavy (non-hydrogen) atoms. The number of rotatable bonds is 11. The van der Waals surface area contributed by atoms with Crippen molar-refractivity contribution in [3.8, 4) is 0 Å². The van der Waals surface area contributed by atoms with E-state index in [-0.39, 0.29) is 0 Å². The van der Waals surface area contributed by atoms with Gasteiger partial charge in [0.1, 0.15) is 0 Å². The van der Waals surface area contributed by atoms with Gasteiger partial charge < -0.3 is 16.0 Å². The molecule has 0 aliphatic heterocycles. The van der Waals surface area contributed by atoms with Crippen LogP contribution >= 0.6 is 0 Å². The van der Waals surface area contributed by atoms with Gasteiger partial charge in [0.25, 0.3) is 0 Å². The molecule has 0 bridgehead atoms. The Hall–Kier alpha value is -3.16. The lowest BCUT2D eigenvalue weighted by atomic mass is 10.1. The Balaban J connectivity index is 1.92. The summed E-state index contributed by atoms with van der Waals surface area (Å²) in [6, 6.07) is 7.42. The SMILES string of the molecule is CCCCCc1cnn2c(NCCC)nc(Nc3cccc(NC=O)c3)nc12. The van der Waals surface area contributed by atoms with Gasteiger partial charge in [-0.3, -0.25) is 4.79 Å². The number of nitrogens with one attached hydrogen (secondary N) is 3. The maximum atomic E-state index is 10.7. The Morgan fingerprint density at radius 2 is 1.96 bits per heavy atom. The molecule has 3 aromatic rings. The van der Waals surface area contributed by atoms with Crippen molar-refractivity contribution in [2.75, 3.05) is 22.5 Å². The van der Waals surface area contributed by atoms with Gasteiger partial charge >= 0.3 is 0 Å². The minimum atomic E-state index is 0.492. The molecular formula is C20H27N7O. The number of amides is 1. The van der Waals surface area contributed by atoms with Crippen LogP contribution in [0.25, 0.3) is 5.65 Å². The molecule has 0 atom stereocenters. The third-order valence-electron chi connectivity index (χ3n) is 4.37. The molecule has 3 N–H and O–H groups in total. The number of benzene rings is 1. The van der Waals surface area contributed by atoms with Crippen LogP contribution in [-0.4, -0.2) is 32.5 Å². The monoisotopic (exact) mass is 381 g/mol. The second-order valence-electron chi connectivity index (χ2n) is 6.63. The molecule has 0 saturated heterocycles. The standard InChI is InChI=1S/C20H27N7O/c1-3-5-6-8-15-13-23-27-18(15)25-19(26-20(27)21-11-4-2)24-17-10-7-9-16(12-17)22-14-28/h7,9-10,12-14H,3-6,8,11H2,1-2H3,(H,22,28)(H2,21,24,25,26). The summed E-state index contributed by atoms with van der Waals surface area (Å²) in [5.41, 5.74) is 3.43. The van der Waals surface area contributed by atoms with Crippen molar-refractivity contribution in [2.24, 2.45) is 0 Å². The van der Waals surface area contributed by atoms with Crippen LogP contribution < -0.4 is 16.0 Å². The second-order valence-corrected chi connectivity index (χ2v) is 6.63. The molecule has 2 aromatic heterocycles. The first-order valence-electron chi connectivity index (χ1n) is 9.81. The summed E-state index contributed by atoms with van der Waals surface area (Å²) in [7, 11) is 0. The van der Waals surface area contributed by atoms with Crippen molar-refractivity contribution in [3.05, 3.63) is 36.0 Å². The van der Waals surface area contributed by atoms with E-state index in [0.717, 1.165) is 42.7 Å². The Morgan fingerprint density at radius 1 is 1.11 bits per heavy atom. The zero-order valence-corrected chi connectivity index (χ0v) is 16.4. The van der Waals surface area contributed by atoms with Crippen molar-refractivity contribution in [3.63, 3.8) is 0 Å². The zero-order valence-electron chi connectivity index (χ0n) is 16.4. The smallest absolute Gasteiger partial charge is 0.232 e. The maximum absolute atomic E-state index is 10.7. The number of hydrogen-bond donors (Lipinski definition) is 3. The quantitative estimate of drug-likeness (QED) is 0.343. The average Bonchev–Trinajstić information content (AvgIpc) is 3.10. The van der Waals surface area contributed by atoms with Crippen LogP contribution in [0.4, 0.5) is 23.3 Å². The first-order valence-corrected chi connectivity index (χ1v) is 9.81. The van der Waals surface area contributed by atoms with Gasteiger partial charge in [-0.05, 0) is 37.5 Å². The first-order chi connectivity index (χ1) is 13.7. The molecular weight excluding hydrogens is 354 g/mol. The summed E-state index contributed by atoms with van der Waals surface area (Å²) in [5.74, 6) is 1.16. The van der Waals surface area contributed by atoms with E-state index < -0.39 is 0 Å². The number of hydrogen-bond acceptors (Lipinski definition) is 6. The van der Waals surface area contributed by atoms with Gasteiger partial charge in [0, 0.05) is 23.5 Å². The van der Waals surface area contributed by atoms with E-state index in [1.165, 1.54) is 12.8 Å². The summed E-state index contributed by atoms with van der Waals surface area (Å²) < 4.78 is 1.77. The van der Waals surface area contributed by atoms with Crippen molar-refractivity contribution in [1.82, 2.24) is 19.6 Å². The van der Waals surface area contributed by atoms with Gasteiger partial charge in [0.15, 0.2) is 5.65 Å². The van der Waals surface area contributed by atoms with Crippen LogP contribution in [0.3, 0.4) is 0 Å². The van der Waals surface area contributed by atoms with Crippen LogP contribution in [0.2, 0.25) is 0 Å². The molecule has 2 heterocycles. The molecule has 0 unspecified atom stereocenters. The van der Waals surface area contributed by atoms with Crippen molar-refractivity contribution in [1.29, 1.82) is 0 Å². The lowest BCUT2D eigenvalue weighted by Gasteiger charge is -2.11.